The molecule has 1 aromatic rings. The zero-order valence-corrected chi connectivity index (χ0v) is 12.4. The Balaban J connectivity index is 1.73. The molecule has 7 heteroatoms. The summed E-state index contributed by atoms with van der Waals surface area (Å²) in [4.78, 5) is 31.2. The van der Waals surface area contributed by atoms with E-state index in [1.807, 2.05) is 10.3 Å². The van der Waals surface area contributed by atoms with Crippen molar-refractivity contribution in [3.63, 3.8) is 0 Å². The Morgan fingerprint density at radius 3 is 2.60 bits per heavy atom. The van der Waals surface area contributed by atoms with Gasteiger partial charge in [-0.3, -0.25) is 4.79 Å². The summed E-state index contributed by atoms with van der Waals surface area (Å²) in [5, 5.41) is 2.90. The summed E-state index contributed by atoms with van der Waals surface area (Å²) in [6, 6.07) is 0. The molecule has 0 spiro atoms. The fraction of sp³-hybridized carbons (Fsp3) is 0.615. The maximum Gasteiger partial charge on any atom is 0.409 e. The molecule has 1 aliphatic rings. The Labute approximate surface area is 122 Å². The summed E-state index contributed by atoms with van der Waals surface area (Å²) in [6.45, 7) is 4.41. The number of hydrogen-bond acceptors (Lipinski definition) is 5. The molecule has 0 atom stereocenters. The van der Waals surface area contributed by atoms with Gasteiger partial charge in [0.05, 0.1) is 11.6 Å². The lowest BCUT2D eigenvalue weighted by Gasteiger charge is -2.34. The first-order valence-corrected chi connectivity index (χ1v) is 7.66. The molecule has 1 aliphatic heterocycles. The minimum atomic E-state index is -0.289. The molecule has 0 aliphatic carbocycles. The van der Waals surface area contributed by atoms with E-state index in [0.29, 0.717) is 45.6 Å². The number of ether oxygens (including phenoxy) is 1. The molecule has 2 rings (SSSR count). The monoisotopic (exact) mass is 297 g/mol. The Morgan fingerprint density at radius 1 is 1.30 bits per heavy atom. The van der Waals surface area contributed by atoms with Crippen molar-refractivity contribution in [2.45, 2.75) is 19.8 Å². The highest BCUT2D eigenvalue weighted by Crippen LogP contribution is 2.10. The normalized spacial score (nSPS) is 15.2. The molecule has 20 heavy (non-hydrogen) atoms. The zero-order valence-electron chi connectivity index (χ0n) is 11.6. The van der Waals surface area contributed by atoms with Gasteiger partial charge in [-0.1, -0.05) is 0 Å². The number of aromatic nitrogens is 1. The number of aryl methyl sites for hydroxylation is 1. The fourth-order valence-corrected chi connectivity index (χ4v) is 2.72. The van der Waals surface area contributed by atoms with Crippen LogP contribution in [0.5, 0.6) is 0 Å². The number of carbonyl (C=O) groups excluding carboxylic acids is 2. The van der Waals surface area contributed by atoms with E-state index in [1.54, 1.807) is 29.4 Å². The second-order valence-corrected chi connectivity index (χ2v) is 5.47. The molecule has 0 aromatic carbocycles. The van der Waals surface area contributed by atoms with E-state index >= 15 is 0 Å². The third-order valence-corrected chi connectivity index (χ3v) is 4.03. The van der Waals surface area contributed by atoms with Gasteiger partial charge in [0.2, 0.25) is 5.91 Å². The van der Waals surface area contributed by atoms with E-state index in [2.05, 4.69) is 4.98 Å². The molecule has 0 bridgehead atoms. The van der Waals surface area contributed by atoms with Crippen molar-refractivity contribution in [2.75, 3.05) is 32.8 Å². The zero-order chi connectivity index (χ0) is 14.4. The molecule has 0 unspecified atom stereocenters. The lowest BCUT2D eigenvalue weighted by Crippen LogP contribution is -2.50. The van der Waals surface area contributed by atoms with Gasteiger partial charge in [0, 0.05) is 50.6 Å². The van der Waals surface area contributed by atoms with Gasteiger partial charge in [-0.05, 0) is 6.92 Å². The highest BCUT2D eigenvalue weighted by Gasteiger charge is 2.24. The van der Waals surface area contributed by atoms with E-state index in [9.17, 15) is 9.59 Å². The van der Waals surface area contributed by atoms with Crippen LogP contribution in [0.2, 0.25) is 0 Å². The van der Waals surface area contributed by atoms with E-state index in [1.165, 1.54) is 0 Å². The van der Waals surface area contributed by atoms with Gasteiger partial charge in [0.1, 0.15) is 0 Å². The van der Waals surface area contributed by atoms with Crippen molar-refractivity contribution in [1.29, 1.82) is 0 Å². The van der Waals surface area contributed by atoms with E-state index in [-0.39, 0.29) is 12.0 Å². The lowest BCUT2D eigenvalue weighted by molar-refractivity contribution is -0.132. The molecule has 0 N–H and O–H groups in total. The first kappa shape index (κ1) is 14.8. The molecule has 1 fully saturated rings. The van der Waals surface area contributed by atoms with Gasteiger partial charge in [0.15, 0.2) is 0 Å². The predicted octanol–water partition coefficient (Wildman–Crippen LogP) is 1.38. The van der Waals surface area contributed by atoms with Crippen molar-refractivity contribution in [2.24, 2.45) is 0 Å². The predicted molar refractivity (Wildman–Crippen MR) is 75.6 cm³/mol. The maximum atomic E-state index is 12.1. The molecular formula is C13H19N3O3S. The molecule has 0 saturated carbocycles. The first-order valence-electron chi connectivity index (χ1n) is 6.78. The van der Waals surface area contributed by atoms with Gasteiger partial charge < -0.3 is 14.5 Å². The van der Waals surface area contributed by atoms with E-state index in [4.69, 9.17) is 4.74 Å². The summed E-state index contributed by atoms with van der Waals surface area (Å²) >= 11 is 1.57. The number of amides is 2. The standard InChI is InChI=1S/C13H19N3O3S/c1-2-19-13(18)16-8-6-15(7-9-16)12(17)4-3-11-14-5-10-20-11/h5,10H,2-4,6-9H2,1H3. The van der Waals surface area contributed by atoms with Crippen molar-refractivity contribution >= 4 is 23.3 Å². The number of piperazine rings is 1. The second kappa shape index (κ2) is 7.23. The van der Waals surface area contributed by atoms with Crippen molar-refractivity contribution in [1.82, 2.24) is 14.8 Å². The van der Waals surface area contributed by atoms with Gasteiger partial charge in [-0.25, -0.2) is 9.78 Å². The number of hydrogen-bond donors (Lipinski definition) is 0. The Bertz CT molecular complexity index is 442. The quantitative estimate of drug-likeness (QED) is 0.842. The van der Waals surface area contributed by atoms with Crippen LogP contribution < -0.4 is 0 Å². The van der Waals surface area contributed by atoms with E-state index < -0.39 is 0 Å². The third-order valence-electron chi connectivity index (χ3n) is 3.19. The average molecular weight is 297 g/mol. The molecule has 110 valence electrons. The fourth-order valence-electron chi connectivity index (χ4n) is 2.10. The van der Waals surface area contributed by atoms with Gasteiger partial charge in [0.25, 0.3) is 0 Å². The van der Waals surface area contributed by atoms with Gasteiger partial charge in [-0.2, -0.15) is 0 Å². The third kappa shape index (κ3) is 3.93. The van der Waals surface area contributed by atoms with Crippen molar-refractivity contribution < 1.29 is 14.3 Å². The molecule has 0 radical (unpaired) electrons. The van der Waals surface area contributed by atoms with Crippen LogP contribution >= 0.6 is 11.3 Å². The van der Waals surface area contributed by atoms with Crippen LogP contribution in [-0.4, -0.2) is 59.6 Å². The Morgan fingerprint density at radius 2 is 2.00 bits per heavy atom. The topological polar surface area (TPSA) is 62.7 Å². The summed E-state index contributed by atoms with van der Waals surface area (Å²) < 4.78 is 4.95. The SMILES string of the molecule is CCOC(=O)N1CCN(C(=O)CCc2nccs2)CC1. The van der Waals surface area contributed by atoms with Gasteiger partial charge in [-0.15, -0.1) is 11.3 Å². The summed E-state index contributed by atoms with van der Waals surface area (Å²) in [7, 11) is 0. The summed E-state index contributed by atoms with van der Waals surface area (Å²) in [5.74, 6) is 0.128. The molecule has 1 aromatic heterocycles. The second-order valence-electron chi connectivity index (χ2n) is 4.49. The van der Waals surface area contributed by atoms with Crippen molar-refractivity contribution in [3.05, 3.63) is 16.6 Å². The Hall–Kier alpha value is -1.63. The average Bonchev–Trinajstić information content (AvgIpc) is 2.98. The Kier molecular flexibility index (Phi) is 5.34. The summed E-state index contributed by atoms with van der Waals surface area (Å²) in [5.41, 5.74) is 0. The molecular weight excluding hydrogens is 278 g/mol. The van der Waals surface area contributed by atoms with Crippen LogP contribution in [-0.2, 0) is 16.0 Å². The smallest absolute Gasteiger partial charge is 0.409 e. The van der Waals surface area contributed by atoms with Crippen LogP contribution in [0.15, 0.2) is 11.6 Å². The van der Waals surface area contributed by atoms with Crippen LogP contribution in [0.4, 0.5) is 4.79 Å². The molecule has 1 saturated heterocycles. The lowest BCUT2D eigenvalue weighted by atomic mass is 10.2. The van der Waals surface area contributed by atoms with Crippen LogP contribution in [0.1, 0.15) is 18.4 Å². The highest BCUT2D eigenvalue weighted by atomic mass is 32.1. The first-order chi connectivity index (χ1) is 9.70. The van der Waals surface area contributed by atoms with Crippen molar-refractivity contribution in [3.8, 4) is 0 Å². The number of rotatable bonds is 4. The van der Waals surface area contributed by atoms with Gasteiger partial charge >= 0.3 is 6.09 Å². The minimum absolute atomic E-state index is 0.128. The van der Waals surface area contributed by atoms with Crippen LogP contribution in [0.25, 0.3) is 0 Å². The van der Waals surface area contributed by atoms with E-state index in [0.717, 1.165) is 5.01 Å². The minimum Gasteiger partial charge on any atom is -0.450 e. The van der Waals surface area contributed by atoms with Crippen LogP contribution in [0.3, 0.4) is 0 Å². The molecule has 2 heterocycles. The number of thiazole rings is 1. The largest absolute Gasteiger partial charge is 0.450 e. The molecule has 6 nitrogen and oxygen atoms in total. The number of carbonyl (C=O) groups is 2. The van der Waals surface area contributed by atoms with Crippen LogP contribution in [0, 0.1) is 0 Å². The molecule has 2 amide bonds. The number of nitrogens with zero attached hydrogens (tertiary/aromatic N) is 3. The summed E-state index contributed by atoms with van der Waals surface area (Å²) in [6.07, 6.45) is 2.63. The maximum absolute atomic E-state index is 12.1. The highest BCUT2D eigenvalue weighted by molar-refractivity contribution is 7.09.